The van der Waals surface area contributed by atoms with Gasteiger partial charge in [-0.1, -0.05) is 0 Å². The number of carbonyl (C=O) groups is 2. The molecule has 1 amide bonds. The smallest absolute Gasteiger partial charge is 0.313 e. The van der Waals surface area contributed by atoms with Crippen LogP contribution in [0.5, 0.6) is 5.88 Å². The third-order valence-electron chi connectivity index (χ3n) is 4.26. The summed E-state index contributed by atoms with van der Waals surface area (Å²) in [5.74, 6) is -0.841. The molecule has 25 heavy (non-hydrogen) atoms. The number of nitrogens with zero attached hydrogens (tertiary/aromatic N) is 2. The Hall–Kier alpha value is -2.19. The van der Waals surface area contributed by atoms with Crippen LogP contribution in [0.15, 0.2) is 18.3 Å². The second-order valence-electron chi connectivity index (χ2n) is 6.07. The molecule has 0 aliphatic carbocycles. The monoisotopic (exact) mass is 352 g/mol. The first-order chi connectivity index (χ1) is 12.0. The Morgan fingerprint density at radius 1 is 1.32 bits per heavy atom. The Bertz CT molecular complexity index is 605. The molecule has 0 spiro atoms. The molecule has 2 heterocycles. The fourth-order valence-electron chi connectivity index (χ4n) is 2.97. The first-order valence-corrected chi connectivity index (χ1v) is 8.12. The lowest BCUT2D eigenvalue weighted by Crippen LogP contribution is -2.52. The molecule has 1 atom stereocenters. The van der Waals surface area contributed by atoms with Crippen molar-refractivity contribution in [2.45, 2.75) is 12.8 Å². The van der Waals surface area contributed by atoms with Crippen LogP contribution in [0.2, 0.25) is 0 Å². The number of ether oxygens (including phenoxy) is 3. The normalized spacial score (nSPS) is 20.3. The van der Waals surface area contributed by atoms with E-state index in [-0.39, 0.29) is 19.1 Å². The fraction of sp³-hybridized carbons (Fsp3) is 0.588. The number of carboxylic acids is 1. The molecule has 138 valence electrons. The van der Waals surface area contributed by atoms with Crippen LogP contribution < -0.4 is 4.74 Å². The summed E-state index contributed by atoms with van der Waals surface area (Å²) in [6, 6.07) is 3.16. The molecular weight excluding hydrogens is 328 g/mol. The zero-order valence-corrected chi connectivity index (χ0v) is 14.6. The molecule has 0 aromatic carbocycles. The van der Waals surface area contributed by atoms with E-state index in [1.54, 1.807) is 24.1 Å². The molecule has 0 saturated carbocycles. The Balaban J connectivity index is 2.11. The van der Waals surface area contributed by atoms with Crippen LogP contribution in [0, 0.1) is 5.41 Å². The highest BCUT2D eigenvalue weighted by Gasteiger charge is 2.44. The van der Waals surface area contributed by atoms with Gasteiger partial charge in [-0.2, -0.15) is 0 Å². The zero-order chi connectivity index (χ0) is 18.3. The Morgan fingerprint density at radius 3 is 2.80 bits per heavy atom. The summed E-state index contributed by atoms with van der Waals surface area (Å²) in [5, 5.41) is 9.59. The highest BCUT2D eigenvalue weighted by Crippen LogP contribution is 2.31. The maximum Gasteiger partial charge on any atom is 0.313 e. The molecule has 1 fully saturated rings. The van der Waals surface area contributed by atoms with E-state index in [2.05, 4.69) is 4.98 Å². The van der Waals surface area contributed by atoms with Gasteiger partial charge in [0.1, 0.15) is 12.0 Å². The molecule has 2 rings (SSSR count). The van der Waals surface area contributed by atoms with Crippen molar-refractivity contribution in [3.8, 4) is 5.88 Å². The van der Waals surface area contributed by atoms with Crippen molar-refractivity contribution in [3.05, 3.63) is 23.9 Å². The van der Waals surface area contributed by atoms with Gasteiger partial charge in [0.05, 0.1) is 13.2 Å². The van der Waals surface area contributed by atoms with E-state index < -0.39 is 11.4 Å². The average molecular weight is 352 g/mol. The van der Waals surface area contributed by atoms with Crippen LogP contribution in [0.4, 0.5) is 0 Å². The number of carbonyl (C=O) groups excluding carboxylic acids is 1. The molecular formula is C17H24N2O6. The second kappa shape index (κ2) is 8.77. The van der Waals surface area contributed by atoms with E-state index in [4.69, 9.17) is 14.2 Å². The number of hydrogen-bond acceptors (Lipinski definition) is 6. The molecule has 1 aromatic rings. The molecule has 0 bridgehead atoms. The highest BCUT2D eigenvalue weighted by molar-refractivity contribution is 5.95. The number of amides is 1. The van der Waals surface area contributed by atoms with Gasteiger partial charge < -0.3 is 24.2 Å². The summed E-state index contributed by atoms with van der Waals surface area (Å²) in [6.07, 6.45) is 2.60. The molecule has 1 aliphatic rings. The number of methoxy groups -OCH3 is 2. The van der Waals surface area contributed by atoms with E-state index >= 15 is 0 Å². The van der Waals surface area contributed by atoms with Crippen LogP contribution in [-0.4, -0.2) is 74.0 Å². The van der Waals surface area contributed by atoms with Crippen molar-refractivity contribution in [1.82, 2.24) is 9.88 Å². The Morgan fingerprint density at radius 2 is 2.12 bits per heavy atom. The number of aromatic nitrogens is 1. The Labute approximate surface area is 146 Å². The molecule has 8 nitrogen and oxygen atoms in total. The minimum absolute atomic E-state index is 0.0772. The largest absolute Gasteiger partial charge is 0.481 e. The van der Waals surface area contributed by atoms with E-state index in [0.717, 1.165) is 0 Å². The third kappa shape index (κ3) is 4.67. The lowest BCUT2D eigenvalue weighted by molar-refractivity contribution is -0.155. The number of rotatable bonds is 8. The zero-order valence-electron chi connectivity index (χ0n) is 14.6. The first kappa shape index (κ1) is 19.1. The van der Waals surface area contributed by atoms with Gasteiger partial charge >= 0.3 is 5.97 Å². The molecule has 1 unspecified atom stereocenters. The van der Waals surface area contributed by atoms with Crippen molar-refractivity contribution in [2.75, 3.05) is 47.1 Å². The number of hydrogen-bond donors (Lipinski definition) is 1. The molecule has 8 heteroatoms. The number of piperidine rings is 1. The van der Waals surface area contributed by atoms with Crippen LogP contribution in [0.3, 0.4) is 0 Å². The van der Waals surface area contributed by atoms with Gasteiger partial charge in [0, 0.05) is 45.1 Å². The number of carboxylic acid groups (broad SMARTS) is 1. The second-order valence-corrected chi connectivity index (χ2v) is 6.07. The molecule has 0 radical (unpaired) electrons. The van der Waals surface area contributed by atoms with Crippen molar-refractivity contribution >= 4 is 11.9 Å². The van der Waals surface area contributed by atoms with E-state index in [9.17, 15) is 14.7 Å². The number of pyridine rings is 1. The summed E-state index contributed by atoms with van der Waals surface area (Å²) in [4.78, 5) is 30.1. The minimum atomic E-state index is -1.06. The quantitative estimate of drug-likeness (QED) is 0.699. The third-order valence-corrected chi connectivity index (χ3v) is 4.26. The predicted molar refractivity (Wildman–Crippen MR) is 88.7 cm³/mol. The summed E-state index contributed by atoms with van der Waals surface area (Å²) in [6.45, 7) is 1.47. The first-order valence-electron chi connectivity index (χ1n) is 8.12. The highest BCUT2D eigenvalue weighted by atomic mass is 16.5. The lowest BCUT2D eigenvalue weighted by atomic mass is 9.80. The lowest BCUT2D eigenvalue weighted by Gasteiger charge is -2.39. The standard InChI is InChI=1S/C17H24N2O6/c1-23-8-9-25-14-10-13(4-6-18-14)15(20)19-7-3-5-17(11-19,12-24-2)16(21)22/h4,6,10H,3,5,7-9,11-12H2,1-2H3,(H,21,22). The molecule has 1 aromatic heterocycles. The van der Waals surface area contributed by atoms with E-state index in [1.807, 2.05) is 0 Å². The minimum Gasteiger partial charge on any atom is -0.481 e. The van der Waals surface area contributed by atoms with Crippen molar-refractivity contribution < 1.29 is 28.9 Å². The molecule has 1 N–H and O–H groups in total. The van der Waals surface area contributed by atoms with Crippen LogP contribution >= 0.6 is 0 Å². The van der Waals surface area contributed by atoms with Gasteiger partial charge in [-0.05, 0) is 18.9 Å². The summed E-state index contributed by atoms with van der Waals surface area (Å²) in [5.41, 5.74) is -0.644. The van der Waals surface area contributed by atoms with Crippen LogP contribution in [-0.2, 0) is 14.3 Å². The van der Waals surface area contributed by atoms with E-state index in [0.29, 0.717) is 44.0 Å². The van der Waals surface area contributed by atoms with Crippen LogP contribution in [0.1, 0.15) is 23.2 Å². The molecule has 1 aliphatic heterocycles. The molecule has 1 saturated heterocycles. The number of likely N-dealkylation sites (tertiary alicyclic amines) is 1. The summed E-state index contributed by atoms with van der Waals surface area (Å²) in [7, 11) is 3.04. The average Bonchev–Trinajstić information content (AvgIpc) is 2.62. The Kier molecular flexibility index (Phi) is 6.72. The topological polar surface area (TPSA) is 98.2 Å². The van der Waals surface area contributed by atoms with Crippen molar-refractivity contribution in [2.24, 2.45) is 5.41 Å². The SMILES string of the molecule is COCCOc1cc(C(=O)N2CCCC(COC)(C(=O)O)C2)ccn1. The van der Waals surface area contributed by atoms with Gasteiger partial charge in [0.25, 0.3) is 5.91 Å². The van der Waals surface area contributed by atoms with Gasteiger partial charge in [0.2, 0.25) is 5.88 Å². The van der Waals surface area contributed by atoms with Crippen molar-refractivity contribution in [3.63, 3.8) is 0 Å². The maximum absolute atomic E-state index is 12.8. The van der Waals surface area contributed by atoms with E-state index in [1.165, 1.54) is 13.3 Å². The van der Waals surface area contributed by atoms with Gasteiger partial charge in [-0.15, -0.1) is 0 Å². The van der Waals surface area contributed by atoms with Gasteiger partial charge in [-0.3, -0.25) is 9.59 Å². The summed E-state index contributed by atoms with van der Waals surface area (Å²) < 4.78 is 15.4. The van der Waals surface area contributed by atoms with Crippen molar-refractivity contribution in [1.29, 1.82) is 0 Å². The van der Waals surface area contributed by atoms with Gasteiger partial charge in [-0.25, -0.2) is 4.98 Å². The summed E-state index contributed by atoms with van der Waals surface area (Å²) >= 11 is 0. The number of aliphatic carboxylic acids is 1. The van der Waals surface area contributed by atoms with Gasteiger partial charge in [0.15, 0.2) is 0 Å². The predicted octanol–water partition coefficient (Wildman–Crippen LogP) is 1.06. The van der Waals surface area contributed by atoms with Crippen LogP contribution in [0.25, 0.3) is 0 Å². The maximum atomic E-state index is 12.8. The fourth-order valence-corrected chi connectivity index (χ4v) is 2.97.